The smallest absolute Gasteiger partial charge is 0.307 e. The fraction of sp³-hybridized carbons (Fsp3) is 0.333. The Labute approximate surface area is 214 Å². The van der Waals surface area contributed by atoms with E-state index in [4.69, 9.17) is 21.7 Å². The molecule has 9 heteroatoms. The lowest BCUT2D eigenvalue weighted by Crippen LogP contribution is -2.26. The number of benzene rings is 1. The number of fused-ring (bicyclic) bond motifs is 2. The van der Waals surface area contributed by atoms with Crippen molar-refractivity contribution in [2.75, 3.05) is 23.0 Å². The number of anilines is 2. The van der Waals surface area contributed by atoms with Gasteiger partial charge in [-0.05, 0) is 49.5 Å². The van der Waals surface area contributed by atoms with Gasteiger partial charge in [0.05, 0.1) is 34.7 Å². The number of carboxylic acids is 1. The number of nitrogens with zero attached hydrogens (tertiary/aromatic N) is 6. The monoisotopic (exact) mass is 502 g/mol. The molecule has 3 aromatic rings. The zero-order chi connectivity index (χ0) is 25.1. The molecule has 8 nitrogen and oxygen atoms in total. The van der Waals surface area contributed by atoms with Gasteiger partial charge in [0.25, 0.3) is 0 Å². The van der Waals surface area contributed by atoms with E-state index in [1.54, 1.807) is 0 Å². The molecule has 2 unspecified atom stereocenters. The van der Waals surface area contributed by atoms with Gasteiger partial charge in [-0.2, -0.15) is 10.2 Å². The SMILES string of the molecule is C/C=C(Cl)\C(C)=C1/CC(c2cccc3nn(C)cc23)=NN1c1ccc(N2CC3C(C2)C3C(=O)O)nc1. The Morgan fingerprint density at radius 3 is 2.64 bits per heavy atom. The normalized spacial score (nSPS) is 24.8. The number of hydrogen-bond acceptors (Lipinski definition) is 6. The molecule has 1 saturated heterocycles. The highest BCUT2D eigenvalue weighted by atomic mass is 35.5. The lowest BCUT2D eigenvalue weighted by molar-refractivity contribution is -0.139. The maximum Gasteiger partial charge on any atom is 0.307 e. The number of hydrazone groups is 1. The summed E-state index contributed by atoms with van der Waals surface area (Å²) in [5.41, 5.74) is 5.78. The first-order valence-electron chi connectivity index (χ1n) is 12.1. The molecule has 1 aliphatic carbocycles. The zero-order valence-corrected chi connectivity index (χ0v) is 21.1. The van der Waals surface area contributed by atoms with E-state index in [1.165, 1.54) is 0 Å². The van der Waals surface area contributed by atoms with Crippen molar-refractivity contribution in [2.45, 2.75) is 20.3 Å². The molecule has 2 aliphatic heterocycles. The first-order chi connectivity index (χ1) is 17.4. The molecule has 1 N–H and O–H groups in total. The maximum atomic E-state index is 11.3. The second-order valence-corrected chi connectivity index (χ2v) is 10.2. The van der Waals surface area contributed by atoms with Gasteiger partial charge < -0.3 is 10.0 Å². The van der Waals surface area contributed by atoms with Gasteiger partial charge >= 0.3 is 5.97 Å². The highest BCUT2D eigenvalue weighted by Gasteiger charge is 2.60. The third-order valence-corrected chi connectivity index (χ3v) is 8.11. The van der Waals surface area contributed by atoms with Gasteiger partial charge in [0.2, 0.25) is 0 Å². The molecule has 2 fully saturated rings. The number of carbonyl (C=O) groups is 1. The molecule has 1 saturated carbocycles. The third-order valence-electron chi connectivity index (χ3n) is 7.61. The van der Waals surface area contributed by atoms with Crippen molar-refractivity contribution in [3.63, 3.8) is 0 Å². The number of rotatable bonds is 5. The van der Waals surface area contributed by atoms with Crippen molar-refractivity contribution < 1.29 is 9.90 Å². The van der Waals surface area contributed by atoms with Crippen LogP contribution in [0.5, 0.6) is 0 Å². The Morgan fingerprint density at radius 2 is 1.97 bits per heavy atom. The molecular formula is C27H27ClN6O2. The van der Waals surface area contributed by atoms with Crippen LogP contribution in [0.3, 0.4) is 0 Å². The summed E-state index contributed by atoms with van der Waals surface area (Å²) >= 11 is 6.55. The van der Waals surface area contributed by atoms with Gasteiger partial charge in [0.15, 0.2) is 0 Å². The van der Waals surface area contributed by atoms with E-state index in [1.807, 2.05) is 73.3 Å². The fourth-order valence-electron chi connectivity index (χ4n) is 5.64. The van der Waals surface area contributed by atoms with Crippen molar-refractivity contribution in [3.8, 4) is 0 Å². The Morgan fingerprint density at radius 1 is 1.19 bits per heavy atom. The summed E-state index contributed by atoms with van der Waals surface area (Å²) in [6.45, 7) is 5.44. The van der Waals surface area contributed by atoms with Gasteiger partial charge in [-0.1, -0.05) is 29.8 Å². The van der Waals surface area contributed by atoms with Crippen LogP contribution in [0.15, 0.2) is 70.2 Å². The van der Waals surface area contributed by atoms with Crippen molar-refractivity contribution in [1.29, 1.82) is 0 Å². The van der Waals surface area contributed by atoms with Crippen LogP contribution in [0.4, 0.5) is 11.5 Å². The number of aromatic nitrogens is 3. The minimum atomic E-state index is -0.674. The molecule has 4 heterocycles. The van der Waals surface area contributed by atoms with Crippen LogP contribution < -0.4 is 9.91 Å². The van der Waals surface area contributed by atoms with Crippen molar-refractivity contribution in [3.05, 3.63) is 70.7 Å². The van der Waals surface area contributed by atoms with Crippen LogP contribution in [-0.2, 0) is 11.8 Å². The maximum absolute atomic E-state index is 11.3. The van der Waals surface area contributed by atoms with Crippen LogP contribution in [0, 0.1) is 17.8 Å². The topological polar surface area (TPSA) is 86.9 Å². The first kappa shape index (κ1) is 22.8. The highest BCUT2D eigenvalue weighted by Crippen LogP contribution is 2.52. The van der Waals surface area contributed by atoms with Crippen LogP contribution in [0.1, 0.15) is 25.8 Å². The summed E-state index contributed by atoms with van der Waals surface area (Å²) in [5, 5.41) is 22.6. The summed E-state index contributed by atoms with van der Waals surface area (Å²) in [4.78, 5) is 18.2. The van der Waals surface area contributed by atoms with Gasteiger partial charge in [-0.25, -0.2) is 9.99 Å². The molecule has 0 radical (unpaired) electrons. The van der Waals surface area contributed by atoms with Crippen LogP contribution >= 0.6 is 11.6 Å². The largest absolute Gasteiger partial charge is 0.481 e. The number of aryl methyl sites for hydroxylation is 1. The molecule has 1 aromatic carbocycles. The predicted molar refractivity (Wildman–Crippen MR) is 141 cm³/mol. The van der Waals surface area contributed by atoms with E-state index in [9.17, 15) is 9.90 Å². The molecule has 6 rings (SSSR count). The number of allylic oxidation sites excluding steroid dienone is 4. The molecule has 2 aromatic heterocycles. The van der Waals surface area contributed by atoms with Gasteiger partial charge in [-0.15, -0.1) is 0 Å². The van der Waals surface area contributed by atoms with E-state index < -0.39 is 5.97 Å². The van der Waals surface area contributed by atoms with Gasteiger partial charge in [-0.3, -0.25) is 9.48 Å². The molecule has 36 heavy (non-hydrogen) atoms. The lowest BCUT2D eigenvalue weighted by Gasteiger charge is -2.22. The first-order valence-corrected chi connectivity index (χ1v) is 12.5. The highest BCUT2D eigenvalue weighted by molar-refractivity contribution is 6.32. The second kappa shape index (κ2) is 8.48. The lowest BCUT2D eigenvalue weighted by atomic mass is 10.0. The Hall–Kier alpha value is -3.65. The summed E-state index contributed by atoms with van der Waals surface area (Å²) in [6, 6.07) is 10.1. The minimum Gasteiger partial charge on any atom is -0.481 e. The average molecular weight is 503 g/mol. The van der Waals surface area contributed by atoms with Crippen LogP contribution in [0.25, 0.3) is 10.9 Å². The summed E-state index contributed by atoms with van der Waals surface area (Å²) in [7, 11) is 1.92. The van der Waals surface area contributed by atoms with Crippen LogP contribution in [-0.4, -0.2) is 44.6 Å². The zero-order valence-electron chi connectivity index (χ0n) is 20.4. The second-order valence-electron chi connectivity index (χ2n) is 9.76. The number of pyridine rings is 1. The standard InChI is InChI=1S/C27H27ClN6O2/c1-4-21(28)15(2)24-10-23(17-6-5-7-22-18(17)12-32(3)30-22)31-34(24)16-8-9-25(29-11-16)33-13-19-20(14-33)26(19)27(35)36/h4-9,11-12,19-20,26H,10,13-14H2,1-3H3,(H,35,36)/b21-4+,24-15+. The minimum absolute atomic E-state index is 0.186. The van der Waals surface area contributed by atoms with Crippen molar-refractivity contribution in [1.82, 2.24) is 14.8 Å². The van der Waals surface area contributed by atoms with E-state index in [0.29, 0.717) is 11.5 Å². The number of halogens is 1. The predicted octanol–water partition coefficient (Wildman–Crippen LogP) is 4.77. The van der Waals surface area contributed by atoms with Gasteiger partial charge in [0, 0.05) is 48.7 Å². The molecule has 0 spiro atoms. The number of aliphatic carboxylic acids is 1. The van der Waals surface area contributed by atoms with Gasteiger partial charge in [0.1, 0.15) is 5.82 Å². The Bertz CT molecular complexity index is 1460. The average Bonchev–Trinajstić information content (AvgIpc) is 3.25. The quantitative estimate of drug-likeness (QED) is 0.541. The van der Waals surface area contributed by atoms with Crippen LogP contribution in [0.2, 0.25) is 0 Å². The van der Waals surface area contributed by atoms with E-state index in [0.717, 1.165) is 58.0 Å². The fourth-order valence-corrected chi connectivity index (χ4v) is 5.75. The third kappa shape index (κ3) is 3.67. The summed E-state index contributed by atoms with van der Waals surface area (Å²) in [5.74, 6) is 0.490. The molecule has 0 bridgehead atoms. The summed E-state index contributed by atoms with van der Waals surface area (Å²) in [6.07, 6.45) is 6.39. The number of hydrogen-bond donors (Lipinski definition) is 1. The molecule has 184 valence electrons. The molecule has 2 atom stereocenters. The Kier molecular flexibility index (Phi) is 5.37. The van der Waals surface area contributed by atoms with Crippen molar-refractivity contribution >= 4 is 45.7 Å². The summed E-state index contributed by atoms with van der Waals surface area (Å²) < 4.78 is 1.82. The van der Waals surface area contributed by atoms with E-state index >= 15 is 0 Å². The molecular weight excluding hydrogens is 476 g/mol. The number of carboxylic acid groups (broad SMARTS) is 1. The van der Waals surface area contributed by atoms with Crippen molar-refractivity contribution in [2.24, 2.45) is 29.9 Å². The van der Waals surface area contributed by atoms with E-state index in [-0.39, 0.29) is 17.8 Å². The van der Waals surface area contributed by atoms with E-state index in [2.05, 4.69) is 16.1 Å². The Balaban J connectivity index is 1.33. The molecule has 0 amide bonds. The number of piperidine rings is 1. The molecule has 3 aliphatic rings.